The Morgan fingerprint density at radius 1 is 1.32 bits per heavy atom. The molecule has 19 heavy (non-hydrogen) atoms. The molecule has 0 amide bonds. The molecule has 1 aliphatic rings. The largest absolute Gasteiger partial charge is 0.475 e. The van der Waals surface area contributed by atoms with Crippen LogP contribution in [0.2, 0.25) is 0 Å². The molecule has 1 aromatic rings. The third-order valence-electron chi connectivity index (χ3n) is 3.09. The van der Waals surface area contributed by atoms with Gasteiger partial charge in [0.1, 0.15) is 0 Å². The van der Waals surface area contributed by atoms with Crippen LogP contribution < -0.4 is 4.72 Å². The maximum atomic E-state index is 12.0. The van der Waals surface area contributed by atoms with Gasteiger partial charge >= 0.3 is 5.97 Å². The molecule has 0 aliphatic heterocycles. The van der Waals surface area contributed by atoms with Gasteiger partial charge in [0.05, 0.1) is 6.10 Å². The maximum Gasteiger partial charge on any atom is 0.371 e. The Balaban J connectivity index is 2.15. The van der Waals surface area contributed by atoms with Crippen LogP contribution in [0.15, 0.2) is 21.6 Å². The number of aliphatic hydroxyl groups is 1. The average molecular weight is 289 g/mol. The first-order valence-corrected chi connectivity index (χ1v) is 7.42. The summed E-state index contributed by atoms with van der Waals surface area (Å²) in [4.78, 5) is 10.6. The molecule has 0 spiro atoms. The van der Waals surface area contributed by atoms with Gasteiger partial charge < -0.3 is 14.6 Å². The normalized spacial score (nSPS) is 24.3. The smallest absolute Gasteiger partial charge is 0.371 e. The molecule has 0 radical (unpaired) electrons. The number of hydrogen-bond acceptors (Lipinski definition) is 5. The summed E-state index contributed by atoms with van der Waals surface area (Å²) in [7, 11) is -3.95. The second-order valence-corrected chi connectivity index (χ2v) is 6.15. The van der Waals surface area contributed by atoms with Gasteiger partial charge in [-0.3, -0.25) is 0 Å². The van der Waals surface area contributed by atoms with Gasteiger partial charge in [0.15, 0.2) is 0 Å². The number of aliphatic hydroxyl groups excluding tert-OH is 1. The van der Waals surface area contributed by atoms with Crippen molar-refractivity contribution in [3.05, 3.63) is 17.9 Å². The van der Waals surface area contributed by atoms with E-state index in [0.717, 1.165) is 25.0 Å². The number of hydrogen-bond donors (Lipinski definition) is 3. The molecule has 2 rings (SSSR count). The Kier molecular flexibility index (Phi) is 3.93. The van der Waals surface area contributed by atoms with Gasteiger partial charge in [-0.05, 0) is 25.0 Å². The summed E-state index contributed by atoms with van der Waals surface area (Å²) >= 11 is 0. The molecule has 7 nitrogen and oxygen atoms in total. The van der Waals surface area contributed by atoms with Crippen molar-refractivity contribution >= 4 is 16.0 Å². The molecule has 1 aliphatic carbocycles. The first-order valence-electron chi connectivity index (χ1n) is 5.93. The van der Waals surface area contributed by atoms with Crippen molar-refractivity contribution in [3.63, 3.8) is 0 Å². The second-order valence-electron chi connectivity index (χ2n) is 4.50. The molecule has 1 fully saturated rings. The third kappa shape index (κ3) is 3.14. The van der Waals surface area contributed by atoms with E-state index in [1.807, 2.05) is 0 Å². The molecule has 1 saturated carbocycles. The zero-order chi connectivity index (χ0) is 14.0. The predicted octanol–water partition coefficient (Wildman–Crippen LogP) is 0.560. The number of nitrogens with one attached hydrogen (secondary N) is 1. The molecule has 0 aromatic carbocycles. The number of rotatable bonds is 4. The fourth-order valence-electron chi connectivity index (χ4n) is 2.09. The standard InChI is InChI=1S/C11H15NO6S/c13-8-4-2-1-3-7(8)12-19(16,17)10-6-5-9(18-10)11(14)15/h5-8,12-13H,1-4H2,(H,14,15). The van der Waals surface area contributed by atoms with Crippen LogP contribution in [0.1, 0.15) is 36.2 Å². The summed E-state index contributed by atoms with van der Waals surface area (Å²) in [6.07, 6.45) is 2.07. The first-order chi connectivity index (χ1) is 8.90. The lowest BCUT2D eigenvalue weighted by Gasteiger charge is -2.27. The molecule has 1 aromatic heterocycles. The molecule has 0 saturated heterocycles. The van der Waals surface area contributed by atoms with E-state index in [0.29, 0.717) is 12.8 Å². The van der Waals surface area contributed by atoms with Crippen molar-refractivity contribution in [1.82, 2.24) is 4.72 Å². The quantitative estimate of drug-likeness (QED) is 0.745. The summed E-state index contributed by atoms with van der Waals surface area (Å²) in [5.41, 5.74) is 0. The third-order valence-corrected chi connectivity index (χ3v) is 4.46. The number of aromatic carboxylic acids is 1. The maximum absolute atomic E-state index is 12.0. The van der Waals surface area contributed by atoms with Crippen LogP contribution in [0.3, 0.4) is 0 Å². The van der Waals surface area contributed by atoms with Gasteiger partial charge in [-0.15, -0.1) is 0 Å². The zero-order valence-electron chi connectivity index (χ0n) is 10.1. The predicted molar refractivity (Wildman–Crippen MR) is 64.3 cm³/mol. The monoisotopic (exact) mass is 289 g/mol. The van der Waals surface area contributed by atoms with Crippen LogP contribution in [0, 0.1) is 0 Å². The molecular formula is C11H15NO6S. The van der Waals surface area contributed by atoms with E-state index in [1.165, 1.54) is 0 Å². The summed E-state index contributed by atoms with van der Waals surface area (Å²) in [6.45, 7) is 0. The van der Waals surface area contributed by atoms with Gasteiger partial charge in [0.25, 0.3) is 10.0 Å². The fraction of sp³-hybridized carbons (Fsp3) is 0.545. The van der Waals surface area contributed by atoms with Gasteiger partial charge in [-0.2, -0.15) is 0 Å². The van der Waals surface area contributed by atoms with Gasteiger partial charge in [0, 0.05) is 6.04 Å². The number of carboxylic acids is 1. The molecule has 3 N–H and O–H groups in total. The molecule has 0 bridgehead atoms. The number of carboxylic acid groups (broad SMARTS) is 1. The highest BCUT2D eigenvalue weighted by Gasteiger charge is 2.30. The van der Waals surface area contributed by atoms with Crippen molar-refractivity contribution < 1.29 is 27.8 Å². The molecule has 8 heteroatoms. The summed E-state index contributed by atoms with van der Waals surface area (Å²) in [6, 6.07) is 1.60. The Morgan fingerprint density at radius 2 is 2.00 bits per heavy atom. The minimum absolute atomic E-state index is 0.440. The van der Waals surface area contributed by atoms with E-state index in [1.54, 1.807) is 0 Å². The molecule has 2 atom stereocenters. The van der Waals surface area contributed by atoms with Crippen molar-refractivity contribution in [2.45, 2.75) is 42.9 Å². The van der Waals surface area contributed by atoms with E-state index < -0.39 is 39.0 Å². The van der Waals surface area contributed by atoms with E-state index in [4.69, 9.17) is 9.52 Å². The first kappa shape index (κ1) is 14.0. The summed E-state index contributed by atoms with van der Waals surface area (Å²) in [5.74, 6) is -1.77. The lowest BCUT2D eigenvalue weighted by atomic mass is 9.93. The molecule has 1 heterocycles. The number of furan rings is 1. The van der Waals surface area contributed by atoms with Crippen molar-refractivity contribution in [2.75, 3.05) is 0 Å². The lowest BCUT2D eigenvalue weighted by molar-refractivity contribution is 0.0656. The highest BCUT2D eigenvalue weighted by molar-refractivity contribution is 7.89. The second kappa shape index (κ2) is 5.32. The SMILES string of the molecule is O=C(O)c1ccc(S(=O)(=O)NC2CCCCC2O)o1. The van der Waals surface area contributed by atoms with E-state index in [9.17, 15) is 18.3 Å². The van der Waals surface area contributed by atoms with E-state index in [2.05, 4.69) is 4.72 Å². The van der Waals surface area contributed by atoms with Crippen molar-refractivity contribution in [3.8, 4) is 0 Å². The Hall–Kier alpha value is -1.38. The molecule has 106 valence electrons. The molecule has 2 unspecified atom stereocenters. The van der Waals surface area contributed by atoms with Crippen LogP contribution in [0.25, 0.3) is 0 Å². The Morgan fingerprint density at radius 3 is 2.58 bits per heavy atom. The average Bonchev–Trinajstić information content (AvgIpc) is 2.82. The number of sulfonamides is 1. The minimum Gasteiger partial charge on any atom is -0.475 e. The Bertz CT molecular complexity index is 563. The number of carbonyl (C=O) groups is 1. The minimum atomic E-state index is -3.95. The van der Waals surface area contributed by atoms with Crippen LogP contribution in [-0.2, 0) is 10.0 Å². The van der Waals surface area contributed by atoms with Crippen molar-refractivity contribution in [2.24, 2.45) is 0 Å². The topological polar surface area (TPSA) is 117 Å². The van der Waals surface area contributed by atoms with Crippen LogP contribution in [0.5, 0.6) is 0 Å². The van der Waals surface area contributed by atoms with Gasteiger partial charge in [0.2, 0.25) is 10.9 Å². The van der Waals surface area contributed by atoms with Crippen molar-refractivity contribution in [1.29, 1.82) is 0 Å². The van der Waals surface area contributed by atoms with Crippen LogP contribution >= 0.6 is 0 Å². The molecular weight excluding hydrogens is 274 g/mol. The summed E-state index contributed by atoms with van der Waals surface area (Å²) in [5, 5.41) is 17.9. The fourth-order valence-corrected chi connectivity index (χ4v) is 3.32. The zero-order valence-corrected chi connectivity index (χ0v) is 10.9. The Labute approximate surface area is 110 Å². The van der Waals surface area contributed by atoms with Crippen LogP contribution in [-0.4, -0.2) is 36.7 Å². The highest BCUT2D eigenvalue weighted by atomic mass is 32.2. The lowest BCUT2D eigenvalue weighted by Crippen LogP contribution is -2.44. The van der Waals surface area contributed by atoms with E-state index >= 15 is 0 Å². The summed E-state index contributed by atoms with van der Waals surface area (Å²) < 4.78 is 31.1. The van der Waals surface area contributed by atoms with Crippen LogP contribution in [0.4, 0.5) is 0 Å². The van der Waals surface area contributed by atoms with E-state index in [-0.39, 0.29) is 0 Å². The van der Waals surface area contributed by atoms with Gasteiger partial charge in [-0.25, -0.2) is 17.9 Å². The van der Waals surface area contributed by atoms with Gasteiger partial charge in [-0.1, -0.05) is 12.8 Å². The highest BCUT2D eigenvalue weighted by Crippen LogP contribution is 2.21.